The van der Waals surface area contributed by atoms with Gasteiger partial charge in [0.15, 0.2) is 6.04 Å². The summed E-state index contributed by atoms with van der Waals surface area (Å²) in [6.07, 6.45) is -1.94. The first-order chi connectivity index (χ1) is 15.5. The second-order valence-corrected chi connectivity index (χ2v) is 7.34. The summed E-state index contributed by atoms with van der Waals surface area (Å²) in [5.41, 5.74) is 11.8. The third-order valence-corrected chi connectivity index (χ3v) is 4.54. The van der Waals surface area contributed by atoms with Crippen LogP contribution in [0.1, 0.15) is 18.9 Å². The number of carboxylic acid groups (broad SMARTS) is 1. The zero-order valence-corrected chi connectivity index (χ0v) is 17.9. The number of hydrogen-bond donors (Lipinski definition) is 8. The summed E-state index contributed by atoms with van der Waals surface area (Å²) in [7, 11) is 0. The number of benzene rings is 1. The molecule has 1 aromatic rings. The van der Waals surface area contributed by atoms with Gasteiger partial charge >= 0.3 is 5.97 Å². The maximum atomic E-state index is 12.6. The van der Waals surface area contributed by atoms with Gasteiger partial charge in [0.05, 0.1) is 25.2 Å². The molecule has 4 amide bonds. The highest BCUT2D eigenvalue weighted by molar-refractivity contribution is 5.96. The second-order valence-electron chi connectivity index (χ2n) is 7.34. The highest BCUT2D eigenvalue weighted by atomic mass is 16.4. The van der Waals surface area contributed by atoms with Gasteiger partial charge in [0.1, 0.15) is 12.1 Å². The van der Waals surface area contributed by atoms with Crippen molar-refractivity contribution in [2.45, 2.75) is 50.0 Å². The molecule has 0 spiro atoms. The summed E-state index contributed by atoms with van der Waals surface area (Å²) in [4.78, 5) is 59.8. The van der Waals surface area contributed by atoms with E-state index in [-0.39, 0.29) is 6.42 Å². The van der Waals surface area contributed by atoms with Gasteiger partial charge in [-0.05, 0) is 18.9 Å². The van der Waals surface area contributed by atoms with Gasteiger partial charge in [-0.2, -0.15) is 0 Å². The van der Waals surface area contributed by atoms with Gasteiger partial charge < -0.3 is 42.7 Å². The molecule has 1 rings (SSSR count). The number of nitrogens with two attached hydrogens (primary N) is 2. The number of nitrogens with one attached hydrogen (secondary N) is 3. The smallest absolute Gasteiger partial charge is 0.328 e. The van der Waals surface area contributed by atoms with Crippen LogP contribution in [0.4, 0.5) is 0 Å². The molecule has 0 saturated carbocycles. The molecular formula is C20H29N5O8. The number of aliphatic hydroxyl groups is 2. The van der Waals surface area contributed by atoms with Crippen LogP contribution in [-0.4, -0.2) is 81.8 Å². The van der Waals surface area contributed by atoms with Gasteiger partial charge in [0.25, 0.3) is 0 Å². The molecule has 0 fully saturated rings. The molecule has 0 aliphatic carbocycles. The molecule has 33 heavy (non-hydrogen) atoms. The van der Waals surface area contributed by atoms with Crippen molar-refractivity contribution >= 4 is 29.6 Å². The van der Waals surface area contributed by atoms with Crippen molar-refractivity contribution in [3.63, 3.8) is 0 Å². The summed E-state index contributed by atoms with van der Waals surface area (Å²) in [5, 5.41) is 34.3. The number of hydrogen-bond acceptors (Lipinski definition) is 8. The van der Waals surface area contributed by atoms with E-state index in [2.05, 4.69) is 10.6 Å². The third kappa shape index (κ3) is 9.22. The van der Waals surface area contributed by atoms with Crippen LogP contribution in [0.2, 0.25) is 0 Å². The minimum atomic E-state index is -1.69. The molecule has 13 heteroatoms. The molecule has 0 heterocycles. The lowest BCUT2D eigenvalue weighted by atomic mass is 10.0. The van der Waals surface area contributed by atoms with Crippen LogP contribution in [0, 0.1) is 0 Å². The molecule has 5 atom stereocenters. The number of carbonyl (C=O) groups excluding carboxylic acids is 4. The van der Waals surface area contributed by atoms with Crippen molar-refractivity contribution in [1.82, 2.24) is 16.0 Å². The number of primary amides is 1. The minimum absolute atomic E-state index is 0.148. The molecule has 0 bridgehead atoms. The molecule has 0 radical (unpaired) electrons. The average Bonchev–Trinajstić information content (AvgIpc) is 2.74. The van der Waals surface area contributed by atoms with Gasteiger partial charge in [0, 0.05) is 0 Å². The highest BCUT2D eigenvalue weighted by Crippen LogP contribution is 2.03. The van der Waals surface area contributed by atoms with Crippen LogP contribution in [0.25, 0.3) is 0 Å². The Morgan fingerprint density at radius 2 is 1.48 bits per heavy atom. The summed E-state index contributed by atoms with van der Waals surface area (Å²) < 4.78 is 0. The van der Waals surface area contributed by atoms with Gasteiger partial charge in [-0.15, -0.1) is 0 Å². The molecule has 1 aromatic carbocycles. The molecule has 0 aliphatic heterocycles. The molecule has 10 N–H and O–H groups in total. The number of aliphatic hydroxyl groups excluding tert-OH is 2. The molecule has 13 nitrogen and oxygen atoms in total. The van der Waals surface area contributed by atoms with Gasteiger partial charge in [-0.1, -0.05) is 30.3 Å². The predicted molar refractivity (Wildman–Crippen MR) is 114 cm³/mol. The maximum absolute atomic E-state index is 12.6. The summed E-state index contributed by atoms with van der Waals surface area (Å²) in [6.45, 7) is 0.192. The fourth-order valence-corrected chi connectivity index (χ4v) is 2.76. The Morgan fingerprint density at radius 1 is 0.939 bits per heavy atom. The fourth-order valence-electron chi connectivity index (χ4n) is 2.76. The SMILES string of the molecule is CC(O)C(NC(=O)C(CO)NC(=O)C(CC(N)=O)NC(=O)C(N)Cc1ccccc1)C(=O)O. The van der Waals surface area contributed by atoms with Gasteiger partial charge in [-0.25, -0.2) is 4.79 Å². The summed E-state index contributed by atoms with van der Waals surface area (Å²) in [5.74, 6) is -5.37. The van der Waals surface area contributed by atoms with Crippen molar-refractivity contribution < 1.29 is 39.3 Å². The van der Waals surface area contributed by atoms with Crippen LogP contribution in [0.3, 0.4) is 0 Å². The van der Waals surface area contributed by atoms with Crippen LogP contribution < -0.4 is 27.4 Å². The van der Waals surface area contributed by atoms with E-state index in [1.54, 1.807) is 30.3 Å². The lowest BCUT2D eigenvalue weighted by Gasteiger charge is -2.24. The van der Waals surface area contributed by atoms with E-state index < -0.39 is 72.9 Å². The van der Waals surface area contributed by atoms with Gasteiger partial charge in [0.2, 0.25) is 23.6 Å². The normalized spacial score (nSPS) is 15.3. The highest BCUT2D eigenvalue weighted by Gasteiger charge is 2.32. The van der Waals surface area contributed by atoms with Crippen molar-refractivity contribution in [1.29, 1.82) is 0 Å². The van der Waals surface area contributed by atoms with Crippen molar-refractivity contribution in [2.75, 3.05) is 6.61 Å². The van der Waals surface area contributed by atoms with E-state index in [9.17, 15) is 34.2 Å². The van der Waals surface area contributed by atoms with Crippen LogP contribution in [0.5, 0.6) is 0 Å². The Bertz CT molecular complexity index is 848. The first-order valence-corrected chi connectivity index (χ1v) is 9.96. The Morgan fingerprint density at radius 3 is 1.97 bits per heavy atom. The Balaban J connectivity index is 2.85. The minimum Gasteiger partial charge on any atom is -0.480 e. The lowest BCUT2D eigenvalue weighted by molar-refractivity contribution is -0.145. The maximum Gasteiger partial charge on any atom is 0.328 e. The van der Waals surface area contributed by atoms with E-state index >= 15 is 0 Å². The number of carbonyl (C=O) groups is 5. The first-order valence-electron chi connectivity index (χ1n) is 9.96. The van der Waals surface area contributed by atoms with Crippen molar-refractivity contribution in [2.24, 2.45) is 11.5 Å². The quantitative estimate of drug-likeness (QED) is 0.142. The molecule has 182 valence electrons. The Kier molecular flexibility index (Phi) is 10.9. The molecular weight excluding hydrogens is 438 g/mol. The lowest BCUT2D eigenvalue weighted by Crippen LogP contribution is -2.59. The summed E-state index contributed by atoms with van der Waals surface area (Å²) in [6, 6.07) is 2.91. The summed E-state index contributed by atoms with van der Waals surface area (Å²) >= 11 is 0. The number of carboxylic acids is 1. The Hall–Kier alpha value is -3.55. The Labute approximate surface area is 189 Å². The average molecular weight is 467 g/mol. The van der Waals surface area contributed by atoms with E-state index in [0.717, 1.165) is 12.5 Å². The van der Waals surface area contributed by atoms with Gasteiger partial charge in [-0.3, -0.25) is 19.2 Å². The molecule has 0 aromatic heterocycles. The topological polar surface area (TPSA) is 234 Å². The van der Waals surface area contributed by atoms with Crippen LogP contribution >= 0.6 is 0 Å². The van der Waals surface area contributed by atoms with E-state index in [4.69, 9.17) is 16.6 Å². The van der Waals surface area contributed by atoms with E-state index in [1.807, 2.05) is 5.32 Å². The van der Waals surface area contributed by atoms with E-state index in [1.165, 1.54) is 0 Å². The number of amides is 4. The van der Waals surface area contributed by atoms with Crippen molar-refractivity contribution in [3.05, 3.63) is 35.9 Å². The third-order valence-electron chi connectivity index (χ3n) is 4.54. The van der Waals surface area contributed by atoms with Crippen LogP contribution in [0.15, 0.2) is 30.3 Å². The standard InChI is InChI=1S/C20H29N5O8/c1-10(27)16(20(32)33)25-19(31)14(9-26)24-18(30)13(8-15(22)28)23-17(29)12(21)7-11-5-3-2-4-6-11/h2-6,10,12-14,16,26-27H,7-9,21H2,1H3,(H2,22,28)(H,23,29)(H,24,30)(H,25,31)(H,32,33). The fraction of sp³-hybridized carbons (Fsp3) is 0.450. The second kappa shape index (κ2) is 13.1. The number of aliphatic carboxylic acids is 1. The molecule has 0 saturated heterocycles. The number of rotatable bonds is 13. The molecule has 5 unspecified atom stereocenters. The molecule has 0 aliphatic rings. The van der Waals surface area contributed by atoms with Crippen LogP contribution in [-0.2, 0) is 30.4 Å². The zero-order chi connectivity index (χ0) is 25.1. The largest absolute Gasteiger partial charge is 0.480 e. The van der Waals surface area contributed by atoms with Crippen molar-refractivity contribution in [3.8, 4) is 0 Å². The zero-order valence-electron chi connectivity index (χ0n) is 17.9. The monoisotopic (exact) mass is 467 g/mol. The first kappa shape index (κ1) is 27.5. The predicted octanol–water partition coefficient (Wildman–Crippen LogP) is -3.66. The van der Waals surface area contributed by atoms with E-state index in [0.29, 0.717) is 0 Å².